The molecule has 1 aromatic heterocycles. The number of hydrogen-bond acceptors (Lipinski definition) is 3. The Morgan fingerprint density at radius 1 is 1.50 bits per heavy atom. The molecule has 2 aromatic rings. The third kappa shape index (κ3) is 1.51. The number of fused-ring (bicyclic) bond motifs is 1. The maximum atomic E-state index is 5.78. The summed E-state index contributed by atoms with van der Waals surface area (Å²) in [6, 6.07) is 6.15. The standard InChI is InChI=1S/C11H14N2O/c1-7(12)6-9-4-3-5-10-11(9)8(2)13-14-10/h3-5,7H,6,12H2,1-2H3. The summed E-state index contributed by atoms with van der Waals surface area (Å²) in [6.45, 7) is 3.96. The number of benzene rings is 1. The van der Waals surface area contributed by atoms with Crippen LogP contribution in [-0.2, 0) is 6.42 Å². The summed E-state index contributed by atoms with van der Waals surface area (Å²) in [5.41, 5.74) is 8.79. The molecule has 0 aliphatic carbocycles. The van der Waals surface area contributed by atoms with E-state index in [0.29, 0.717) is 0 Å². The van der Waals surface area contributed by atoms with Crippen molar-refractivity contribution in [1.82, 2.24) is 5.16 Å². The van der Waals surface area contributed by atoms with E-state index in [0.717, 1.165) is 23.1 Å². The first-order valence-corrected chi connectivity index (χ1v) is 4.78. The number of nitrogens with two attached hydrogens (primary N) is 1. The van der Waals surface area contributed by atoms with Crippen LogP contribution in [0.1, 0.15) is 18.2 Å². The minimum absolute atomic E-state index is 0.162. The Morgan fingerprint density at radius 2 is 2.29 bits per heavy atom. The molecular formula is C11H14N2O. The second kappa shape index (κ2) is 3.42. The molecular weight excluding hydrogens is 176 g/mol. The summed E-state index contributed by atoms with van der Waals surface area (Å²) >= 11 is 0. The van der Waals surface area contributed by atoms with Gasteiger partial charge in [0.2, 0.25) is 0 Å². The predicted octanol–water partition coefficient (Wildman–Crippen LogP) is 2.03. The van der Waals surface area contributed by atoms with E-state index in [1.54, 1.807) is 0 Å². The highest BCUT2D eigenvalue weighted by Crippen LogP contribution is 2.22. The fourth-order valence-electron chi connectivity index (χ4n) is 1.74. The number of rotatable bonds is 2. The zero-order valence-electron chi connectivity index (χ0n) is 8.45. The molecule has 0 aliphatic heterocycles. The van der Waals surface area contributed by atoms with E-state index in [9.17, 15) is 0 Å². The third-order valence-corrected chi connectivity index (χ3v) is 2.30. The molecule has 0 fully saturated rings. The molecule has 0 spiro atoms. The Kier molecular flexibility index (Phi) is 2.25. The quantitative estimate of drug-likeness (QED) is 0.788. The molecule has 1 atom stereocenters. The second-order valence-corrected chi connectivity index (χ2v) is 3.74. The van der Waals surface area contributed by atoms with Crippen LogP contribution in [-0.4, -0.2) is 11.2 Å². The molecule has 3 heteroatoms. The number of aromatic nitrogens is 1. The molecule has 0 bridgehead atoms. The normalized spacial score (nSPS) is 13.4. The highest BCUT2D eigenvalue weighted by molar-refractivity contribution is 5.83. The van der Waals surface area contributed by atoms with Crippen molar-refractivity contribution in [2.45, 2.75) is 26.3 Å². The van der Waals surface area contributed by atoms with Gasteiger partial charge < -0.3 is 10.3 Å². The molecule has 0 aliphatic rings. The van der Waals surface area contributed by atoms with E-state index < -0.39 is 0 Å². The van der Waals surface area contributed by atoms with Crippen molar-refractivity contribution in [3.8, 4) is 0 Å². The Labute approximate surface area is 82.9 Å². The van der Waals surface area contributed by atoms with Crippen LogP contribution < -0.4 is 5.73 Å². The zero-order valence-corrected chi connectivity index (χ0v) is 8.45. The second-order valence-electron chi connectivity index (χ2n) is 3.74. The van der Waals surface area contributed by atoms with Gasteiger partial charge in [-0.1, -0.05) is 17.3 Å². The van der Waals surface area contributed by atoms with Crippen LogP contribution >= 0.6 is 0 Å². The average Bonchev–Trinajstić information content (AvgIpc) is 2.48. The van der Waals surface area contributed by atoms with Gasteiger partial charge >= 0.3 is 0 Å². The van der Waals surface area contributed by atoms with Gasteiger partial charge in [-0.3, -0.25) is 0 Å². The fourth-order valence-corrected chi connectivity index (χ4v) is 1.74. The van der Waals surface area contributed by atoms with E-state index in [-0.39, 0.29) is 6.04 Å². The van der Waals surface area contributed by atoms with E-state index >= 15 is 0 Å². The first kappa shape index (κ1) is 9.21. The summed E-state index contributed by atoms with van der Waals surface area (Å²) in [5, 5.41) is 5.06. The molecule has 0 saturated carbocycles. The summed E-state index contributed by atoms with van der Waals surface area (Å²) in [5.74, 6) is 0. The Balaban J connectivity index is 2.57. The highest BCUT2D eigenvalue weighted by atomic mass is 16.5. The van der Waals surface area contributed by atoms with Gasteiger partial charge in [-0.25, -0.2) is 0 Å². The SMILES string of the molecule is Cc1noc2cccc(CC(C)N)c12. The smallest absolute Gasteiger partial charge is 0.167 e. The molecule has 2 rings (SSSR count). The van der Waals surface area contributed by atoms with Gasteiger partial charge in [-0.15, -0.1) is 0 Å². The molecule has 3 nitrogen and oxygen atoms in total. The molecule has 1 heterocycles. The summed E-state index contributed by atoms with van der Waals surface area (Å²) < 4.78 is 5.18. The minimum atomic E-state index is 0.162. The maximum absolute atomic E-state index is 5.78. The topological polar surface area (TPSA) is 52.0 Å². The molecule has 2 N–H and O–H groups in total. The lowest BCUT2D eigenvalue weighted by atomic mass is 10.0. The van der Waals surface area contributed by atoms with Crippen molar-refractivity contribution in [3.63, 3.8) is 0 Å². The largest absolute Gasteiger partial charge is 0.356 e. The van der Waals surface area contributed by atoms with E-state index in [4.69, 9.17) is 10.3 Å². The van der Waals surface area contributed by atoms with Gasteiger partial charge in [-0.05, 0) is 31.9 Å². The van der Waals surface area contributed by atoms with Crippen molar-refractivity contribution in [2.24, 2.45) is 5.73 Å². The van der Waals surface area contributed by atoms with Crippen LogP contribution in [0.15, 0.2) is 22.7 Å². The van der Waals surface area contributed by atoms with Crippen LogP contribution in [0.5, 0.6) is 0 Å². The van der Waals surface area contributed by atoms with Crippen molar-refractivity contribution in [1.29, 1.82) is 0 Å². The lowest BCUT2D eigenvalue weighted by Crippen LogP contribution is -2.17. The zero-order chi connectivity index (χ0) is 10.1. The van der Waals surface area contributed by atoms with E-state index in [1.165, 1.54) is 5.56 Å². The maximum Gasteiger partial charge on any atom is 0.167 e. The summed E-state index contributed by atoms with van der Waals surface area (Å²) in [7, 11) is 0. The summed E-state index contributed by atoms with van der Waals surface area (Å²) in [6.07, 6.45) is 0.861. The van der Waals surface area contributed by atoms with Crippen molar-refractivity contribution in [3.05, 3.63) is 29.5 Å². The Morgan fingerprint density at radius 3 is 3.00 bits per heavy atom. The molecule has 0 amide bonds. The van der Waals surface area contributed by atoms with E-state index in [2.05, 4.69) is 11.2 Å². The molecule has 0 saturated heterocycles. The average molecular weight is 190 g/mol. The molecule has 14 heavy (non-hydrogen) atoms. The number of aryl methyl sites for hydroxylation is 1. The predicted molar refractivity (Wildman–Crippen MR) is 56.1 cm³/mol. The Bertz CT molecular complexity index is 445. The van der Waals surface area contributed by atoms with Crippen LogP contribution in [0.4, 0.5) is 0 Å². The summed E-state index contributed by atoms with van der Waals surface area (Å²) in [4.78, 5) is 0. The van der Waals surface area contributed by atoms with Gasteiger partial charge in [-0.2, -0.15) is 0 Å². The van der Waals surface area contributed by atoms with Crippen molar-refractivity contribution < 1.29 is 4.52 Å². The van der Waals surface area contributed by atoms with Crippen LogP contribution in [0.3, 0.4) is 0 Å². The van der Waals surface area contributed by atoms with Gasteiger partial charge in [0.25, 0.3) is 0 Å². The monoisotopic (exact) mass is 190 g/mol. The van der Waals surface area contributed by atoms with Crippen molar-refractivity contribution >= 4 is 11.0 Å². The van der Waals surface area contributed by atoms with Gasteiger partial charge in [0.05, 0.1) is 5.69 Å². The Hall–Kier alpha value is -1.35. The van der Waals surface area contributed by atoms with Crippen LogP contribution in [0.2, 0.25) is 0 Å². The minimum Gasteiger partial charge on any atom is -0.356 e. The first-order chi connectivity index (χ1) is 6.68. The lowest BCUT2D eigenvalue weighted by Gasteiger charge is -2.05. The first-order valence-electron chi connectivity index (χ1n) is 4.78. The third-order valence-electron chi connectivity index (χ3n) is 2.30. The van der Waals surface area contributed by atoms with Crippen molar-refractivity contribution in [2.75, 3.05) is 0 Å². The molecule has 1 aromatic carbocycles. The molecule has 1 unspecified atom stereocenters. The number of nitrogens with zero attached hydrogens (tertiary/aromatic N) is 1. The fraction of sp³-hybridized carbons (Fsp3) is 0.364. The van der Waals surface area contributed by atoms with Gasteiger partial charge in [0.1, 0.15) is 0 Å². The number of hydrogen-bond donors (Lipinski definition) is 1. The van der Waals surface area contributed by atoms with Crippen LogP contribution in [0.25, 0.3) is 11.0 Å². The molecule has 0 radical (unpaired) electrons. The van der Waals surface area contributed by atoms with Crippen LogP contribution in [0, 0.1) is 6.92 Å². The van der Waals surface area contributed by atoms with Gasteiger partial charge in [0, 0.05) is 11.4 Å². The lowest BCUT2D eigenvalue weighted by molar-refractivity contribution is 0.450. The highest BCUT2D eigenvalue weighted by Gasteiger charge is 2.09. The molecule has 74 valence electrons. The van der Waals surface area contributed by atoms with Gasteiger partial charge in [0.15, 0.2) is 5.58 Å². The van der Waals surface area contributed by atoms with E-state index in [1.807, 2.05) is 26.0 Å².